The number of likely N-dealkylation sites (N-methyl/N-ethyl adjacent to an activating group) is 3. The molecule has 0 spiro atoms. The molecule has 18 heavy (non-hydrogen) atoms. The fraction of sp³-hybridized carbons (Fsp3) is 1.00. The molecular formula is C15H31N3. The van der Waals surface area contributed by atoms with E-state index in [-0.39, 0.29) is 0 Å². The van der Waals surface area contributed by atoms with Gasteiger partial charge >= 0.3 is 0 Å². The summed E-state index contributed by atoms with van der Waals surface area (Å²) in [4.78, 5) is 5.11. The summed E-state index contributed by atoms with van der Waals surface area (Å²) in [6, 6.07) is 1.36. The number of hydrogen-bond acceptors (Lipinski definition) is 3. The van der Waals surface area contributed by atoms with Crippen LogP contribution in [0.2, 0.25) is 0 Å². The fourth-order valence-corrected chi connectivity index (χ4v) is 3.93. The normalized spacial score (nSPS) is 31.2. The summed E-state index contributed by atoms with van der Waals surface area (Å²) in [5.74, 6) is 0.891. The molecular weight excluding hydrogens is 222 g/mol. The zero-order valence-electron chi connectivity index (χ0n) is 12.5. The highest BCUT2D eigenvalue weighted by molar-refractivity contribution is 4.92. The molecule has 0 bridgehead atoms. The molecule has 1 saturated heterocycles. The van der Waals surface area contributed by atoms with Gasteiger partial charge in [0.2, 0.25) is 0 Å². The zero-order valence-corrected chi connectivity index (χ0v) is 12.5. The smallest absolute Gasteiger partial charge is 0.0375 e. The van der Waals surface area contributed by atoms with Crippen molar-refractivity contribution < 1.29 is 0 Å². The summed E-state index contributed by atoms with van der Waals surface area (Å²) in [5, 5.41) is 3.65. The SMILES string of the molecule is CNC(C1CCCCC1)C1CN(C)CCCN1C. The van der Waals surface area contributed by atoms with Crippen LogP contribution >= 0.6 is 0 Å². The van der Waals surface area contributed by atoms with Crippen molar-refractivity contribution in [2.75, 3.05) is 40.8 Å². The topological polar surface area (TPSA) is 18.5 Å². The maximum atomic E-state index is 3.65. The highest BCUT2D eigenvalue weighted by Gasteiger charge is 2.33. The molecule has 3 nitrogen and oxygen atoms in total. The minimum atomic E-state index is 0.677. The van der Waals surface area contributed by atoms with Crippen molar-refractivity contribution in [3.05, 3.63) is 0 Å². The van der Waals surface area contributed by atoms with Gasteiger partial charge in [0.05, 0.1) is 0 Å². The quantitative estimate of drug-likeness (QED) is 0.827. The molecule has 2 aliphatic rings. The summed E-state index contributed by atoms with van der Waals surface area (Å²) in [7, 11) is 6.76. The average molecular weight is 253 g/mol. The van der Waals surface area contributed by atoms with Crippen molar-refractivity contribution in [1.82, 2.24) is 15.1 Å². The molecule has 106 valence electrons. The van der Waals surface area contributed by atoms with Gasteiger partial charge in [-0.25, -0.2) is 0 Å². The molecule has 2 fully saturated rings. The van der Waals surface area contributed by atoms with Gasteiger partial charge in [-0.15, -0.1) is 0 Å². The van der Waals surface area contributed by atoms with Gasteiger partial charge in [0, 0.05) is 18.6 Å². The predicted molar refractivity (Wildman–Crippen MR) is 78.0 cm³/mol. The van der Waals surface area contributed by atoms with E-state index < -0.39 is 0 Å². The first-order valence-electron chi connectivity index (χ1n) is 7.78. The van der Waals surface area contributed by atoms with Crippen molar-refractivity contribution in [2.24, 2.45) is 5.92 Å². The van der Waals surface area contributed by atoms with Crippen molar-refractivity contribution >= 4 is 0 Å². The van der Waals surface area contributed by atoms with Crippen LogP contribution in [0.25, 0.3) is 0 Å². The standard InChI is InChI=1S/C15H31N3/c1-16-15(13-8-5-4-6-9-13)14-12-17(2)10-7-11-18(14)3/h13-16H,4-12H2,1-3H3. The Bertz CT molecular complexity index is 238. The fourth-order valence-electron chi connectivity index (χ4n) is 3.93. The second-order valence-electron chi connectivity index (χ2n) is 6.38. The third-order valence-corrected chi connectivity index (χ3v) is 5.02. The van der Waals surface area contributed by atoms with E-state index in [2.05, 4.69) is 36.3 Å². The van der Waals surface area contributed by atoms with Gasteiger partial charge in [-0.1, -0.05) is 19.3 Å². The Labute approximate surface area is 113 Å². The minimum absolute atomic E-state index is 0.677. The Morgan fingerprint density at radius 1 is 1.00 bits per heavy atom. The van der Waals surface area contributed by atoms with Crippen molar-refractivity contribution in [1.29, 1.82) is 0 Å². The van der Waals surface area contributed by atoms with Crippen LogP contribution in [0.1, 0.15) is 38.5 Å². The molecule has 0 aromatic carbocycles. The third-order valence-electron chi connectivity index (χ3n) is 5.02. The van der Waals surface area contributed by atoms with Gasteiger partial charge in [-0.3, -0.25) is 0 Å². The van der Waals surface area contributed by atoms with Crippen LogP contribution in [0, 0.1) is 5.92 Å². The summed E-state index contributed by atoms with van der Waals surface area (Å²) >= 11 is 0. The number of rotatable bonds is 3. The van der Waals surface area contributed by atoms with Gasteiger partial charge < -0.3 is 15.1 Å². The van der Waals surface area contributed by atoms with Crippen molar-refractivity contribution in [2.45, 2.75) is 50.6 Å². The number of hydrogen-bond donors (Lipinski definition) is 1. The first-order chi connectivity index (χ1) is 8.72. The lowest BCUT2D eigenvalue weighted by atomic mass is 9.80. The lowest BCUT2D eigenvalue weighted by Gasteiger charge is -2.40. The molecule has 0 aromatic rings. The maximum absolute atomic E-state index is 3.65. The van der Waals surface area contributed by atoms with E-state index in [9.17, 15) is 0 Å². The van der Waals surface area contributed by atoms with Gasteiger partial charge in [0.15, 0.2) is 0 Å². The van der Waals surface area contributed by atoms with E-state index in [1.54, 1.807) is 0 Å². The molecule has 0 amide bonds. The summed E-state index contributed by atoms with van der Waals surface area (Å²) in [5.41, 5.74) is 0. The molecule has 1 aliphatic heterocycles. The molecule has 2 unspecified atom stereocenters. The highest BCUT2D eigenvalue weighted by atomic mass is 15.2. The molecule has 1 aliphatic carbocycles. The monoisotopic (exact) mass is 253 g/mol. The molecule has 1 heterocycles. The van der Waals surface area contributed by atoms with Gasteiger partial charge in [-0.2, -0.15) is 0 Å². The summed E-state index contributed by atoms with van der Waals surface area (Å²) in [6.45, 7) is 3.72. The molecule has 3 heteroatoms. The lowest BCUT2D eigenvalue weighted by Crippen LogP contribution is -2.54. The van der Waals surface area contributed by atoms with E-state index in [1.807, 2.05) is 0 Å². The Morgan fingerprint density at radius 3 is 2.39 bits per heavy atom. The minimum Gasteiger partial charge on any atom is -0.315 e. The molecule has 2 rings (SSSR count). The third kappa shape index (κ3) is 3.46. The van der Waals surface area contributed by atoms with Gasteiger partial charge in [-0.05, 0) is 59.4 Å². The highest BCUT2D eigenvalue weighted by Crippen LogP contribution is 2.29. The maximum Gasteiger partial charge on any atom is 0.0375 e. The van der Waals surface area contributed by atoms with Crippen LogP contribution < -0.4 is 5.32 Å². The van der Waals surface area contributed by atoms with Gasteiger partial charge in [0.25, 0.3) is 0 Å². The van der Waals surface area contributed by atoms with Crippen LogP contribution in [0.5, 0.6) is 0 Å². The Kier molecular flexibility index (Phi) is 5.46. The Balaban J connectivity index is 2.03. The van der Waals surface area contributed by atoms with Crippen LogP contribution in [-0.2, 0) is 0 Å². The summed E-state index contributed by atoms with van der Waals surface area (Å²) < 4.78 is 0. The van der Waals surface area contributed by atoms with E-state index in [0.29, 0.717) is 12.1 Å². The predicted octanol–water partition coefficient (Wildman–Crippen LogP) is 1.79. The molecule has 2 atom stereocenters. The second-order valence-corrected chi connectivity index (χ2v) is 6.38. The molecule has 1 N–H and O–H groups in total. The van der Waals surface area contributed by atoms with E-state index in [0.717, 1.165) is 5.92 Å². The molecule has 0 aromatic heterocycles. The van der Waals surface area contributed by atoms with Crippen molar-refractivity contribution in [3.8, 4) is 0 Å². The number of nitrogens with one attached hydrogen (secondary N) is 1. The first-order valence-corrected chi connectivity index (χ1v) is 7.78. The van der Waals surface area contributed by atoms with Crippen LogP contribution in [0.4, 0.5) is 0 Å². The van der Waals surface area contributed by atoms with E-state index in [1.165, 1.54) is 58.2 Å². The second kappa shape index (κ2) is 6.88. The Morgan fingerprint density at radius 2 is 1.72 bits per heavy atom. The van der Waals surface area contributed by atoms with Gasteiger partial charge in [0.1, 0.15) is 0 Å². The lowest BCUT2D eigenvalue weighted by molar-refractivity contribution is 0.131. The number of nitrogens with zero attached hydrogens (tertiary/aromatic N) is 2. The zero-order chi connectivity index (χ0) is 13.0. The average Bonchev–Trinajstić information content (AvgIpc) is 2.54. The first kappa shape index (κ1) is 14.3. The van der Waals surface area contributed by atoms with Crippen LogP contribution in [0.3, 0.4) is 0 Å². The molecule has 1 saturated carbocycles. The van der Waals surface area contributed by atoms with Crippen LogP contribution in [-0.4, -0.2) is 62.7 Å². The van der Waals surface area contributed by atoms with E-state index in [4.69, 9.17) is 0 Å². The largest absolute Gasteiger partial charge is 0.315 e. The van der Waals surface area contributed by atoms with Crippen LogP contribution in [0.15, 0.2) is 0 Å². The van der Waals surface area contributed by atoms with E-state index >= 15 is 0 Å². The molecule has 0 radical (unpaired) electrons. The summed E-state index contributed by atoms with van der Waals surface area (Å²) in [6.07, 6.45) is 8.50. The Hall–Kier alpha value is -0.120. The van der Waals surface area contributed by atoms with Crippen molar-refractivity contribution in [3.63, 3.8) is 0 Å².